The number of para-hydroxylation sites is 1. The Morgan fingerprint density at radius 1 is 1.31 bits per heavy atom. The van der Waals surface area contributed by atoms with Gasteiger partial charge in [-0.3, -0.25) is 0 Å². The summed E-state index contributed by atoms with van der Waals surface area (Å²) in [4.78, 5) is -0.183. The van der Waals surface area contributed by atoms with Gasteiger partial charge in [-0.05, 0) is 18.6 Å². The molecule has 0 heterocycles. The standard InChI is InChI=1S/C10H12F2O3S/c1-2-7-16(13,14)9-6-4-3-5-8(9)15-10(11)12/h3-6,10H,2,7H2,1H3. The van der Waals surface area contributed by atoms with Crippen molar-refractivity contribution in [3.63, 3.8) is 0 Å². The predicted octanol–water partition coefficient (Wildman–Crippen LogP) is 2.47. The van der Waals surface area contributed by atoms with Crippen molar-refractivity contribution < 1.29 is 21.9 Å². The summed E-state index contributed by atoms with van der Waals surface area (Å²) >= 11 is 0. The van der Waals surface area contributed by atoms with Gasteiger partial charge in [0.25, 0.3) is 0 Å². The van der Waals surface area contributed by atoms with E-state index in [0.717, 1.165) is 0 Å². The minimum absolute atomic E-state index is 0.0867. The molecule has 0 bridgehead atoms. The van der Waals surface area contributed by atoms with Crippen LogP contribution in [0, 0.1) is 0 Å². The second kappa shape index (κ2) is 5.25. The Morgan fingerprint density at radius 3 is 2.50 bits per heavy atom. The van der Waals surface area contributed by atoms with Crippen LogP contribution in [0.2, 0.25) is 0 Å². The van der Waals surface area contributed by atoms with Crippen molar-refractivity contribution in [3.8, 4) is 5.75 Å². The van der Waals surface area contributed by atoms with Crippen molar-refractivity contribution in [1.82, 2.24) is 0 Å². The summed E-state index contributed by atoms with van der Waals surface area (Å²) in [6.07, 6.45) is 0.422. The van der Waals surface area contributed by atoms with Crippen molar-refractivity contribution in [2.75, 3.05) is 5.75 Å². The highest BCUT2D eigenvalue weighted by molar-refractivity contribution is 7.91. The zero-order valence-electron chi connectivity index (χ0n) is 8.69. The van der Waals surface area contributed by atoms with E-state index in [0.29, 0.717) is 6.42 Å². The van der Waals surface area contributed by atoms with E-state index < -0.39 is 16.4 Å². The van der Waals surface area contributed by atoms with Gasteiger partial charge in [0.05, 0.1) is 5.75 Å². The number of sulfone groups is 1. The lowest BCUT2D eigenvalue weighted by Gasteiger charge is -2.10. The van der Waals surface area contributed by atoms with Crippen LogP contribution in [0.3, 0.4) is 0 Å². The summed E-state index contributed by atoms with van der Waals surface area (Å²) in [5, 5.41) is 0. The lowest BCUT2D eigenvalue weighted by molar-refractivity contribution is -0.0517. The highest BCUT2D eigenvalue weighted by atomic mass is 32.2. The van der Waals surface area contributed by atoms with Crippen LogP contribution < -0.4 is 4.74 Å². The second-order valence-corrected chi connectivity index (χ2v) is 5.22. The molecule has 1 aromatic carbocycles. The smallest absolute Gasteiger partial charge is 0.387 e. The highest BCUT2D eigenvalue weighted by Crippen LogP contribution is 2.26. The third-order valence-electron chi connectivity index (χ3n) is 1.87. The molecule has 0 aliphatic heterocycles. The van der Waals surface area contributed by atoms with E-state index in [2.05, 4.69) is 4.74 Å². The molecule has 0 spiro atoms. The molecular weight excluding hydrogens is 238 g/mol. The van der Waals surface area contributed by atoms with Gasteiger partial charge in [-0.2, -0.15) is 8.78 Å². The fourth-order valence-corrected chi connectivity index (χ4v) is 2.75. The molecule has 0 amide bonds. The van der Waals surface area contributed by atoms with Crippen LogP contribution >= 0.6 is 0 Å². The first-order chi connectivity index (χ1) is 7.47. The van der Waals surface area contributed by atoms with Crippen LogP contribution in [-0.4, -0.2) is 20.8 Å². The number of rotatable bonds is 5. The average Bonchev–Trinajstić information content (AvgIpc) is 2.17. The molecule has 16 heavy (non-hydrogen) atoms. The van der Waals surface area contributed by atoms with E-state index >= 15 is 0 Å². The minimum atomic E-state index is -3.54. The molecule has 90 valence electrons. The molecule has 0 saturated heterocycles. The molecule has 6 heteroatoms. The summed E-state index contributed by atoms with van der Waals surface area (Å²) in [6, 6.07) is 5.40. The monoisotopic (exact) mass is 250 g/mol. The van der Waals surface area contributed by atoms with E-state index in [-0.39, 0.29) is 16.4 Å². The van der Waals surface area contributed by atoms with Crippen molar-refractivity contribution >= 4 is 9.84 Å². The molecular formula is C10H12F2O3S. The van der Waals surface area contributed by atoms with E-state index in [1.807, 2.05) is 0 Å². The van der Waals surface area contributed by atoms with Crippen LogP contribution in [0.25, 0.3) is 0 Å². The summed E-state index contributed by atoms with van der Waals surface area (Å²) in [5.74, 6) is -0.387. The summed E-state index contributed by atoms with van der Waals surface area (Å²) < 4.78 is 51.7. The molecule has 0 saturated carbocycles. The Morgan fingerprint density at radius 2 is 1.94 bits per heavy atom. The maximum absolute atomic E-state index is 12.1. The van der Waals surface area contributed by atoms with E-state index in [9.17, 15) is 17.2 Å². The molecule has 0 fully saturated rings. The predicted molar refractivity (Wildman–Crippen MR) is 55.4 cm³/mol. The molecule has 0 aliphatic carbocycles. The normalized spacial score (nSPS) is 11.8. The molecule has 1 rings (SSSR count). The van der Waals surface area contributed by atoms with Gasteiger partial charge in [-0.25, -0.2) is 8.42 Å². The first kappa shape index (κ1) is 12.9. The van der Waals surface area contributed by atoms with Crippen LogP contribution in [-0.2, 0) is 9.84 Å². The van der Waals surface area contributed by atoms with Crippen LogP contribution in [0.4, 0.5) is 8.78 Å². The van der Waals surface area contributed by atoms with Gasteiger partial charge in [0, 0.05) is 0 Å². The summed E-state index contributed by atoms with van der Waals surface area (Å²) in [5.41, 5.74) is 0. The van der Waals surface area contributed by atoms with Crippen LogP contribution in [0.15, 0.2) is 29.2 Å². The molecule has 3 nitrogen and oxygen atoms in total. The van der Waals surface area contributed by atoms with E-state index in [1.165, 1.54) is 24.3 Å². The van der Waals surface area contributed by atoms with Gasteiger partial charge in [0.15, 0.2) is 9.84 Å². The van der Waals surface area contributed by atoms with Crippen LogP contribution in [0.5, 0.6) is 5.75 Å². The Labute approximate surface area is 93.0 Å². The number of ether oxygens (including phenoxy) is 1. The van der Waals surface area contributed by atoms with Crippen molar-refractivity contribution in [1.29, 1.82) is 0 Å². The lowest BCUT2D eigenvalue weighted by Crippen LogP contribution is -2.10. The van der Waals surface area contributed by atoms with E-state index in [4.69, 9.17) is 0 Å². The van der Waals surface area contributed by atoms with Crippen LogP contribution in [0.1, 0.15) is 13.3 Å². The Balaban J connectivity index is 3.13. The number of benzene rings is 1. The highest BCUT2D eigenvalue weighted by Gasteiger charge is 2.20. The fourth-order valence-electron chi connectivity index (χ4n) is 1.28. The number of halogens is 2. The first-order valence-corrected chi connectivity index (χ1v) is 6.39. The van der Waals surface area contributed by atoms with Gasteiger partial charge in [0.2, 0.25) is 0 Å². The van der Waals surface area contributed by atoms with Gasteiger partial charge < -0.3 is 4.74 Å². The van der Waals surface area contributed by atoms with Crippen molar-refractivity contribution in [3.05, 3.63) is 24.3 Å². The molecule has 0 unspecified atom stereocenters. The molecule has 0 aliphatic rings. The third kappa shape index (κ3) is 3.16. The summed E-state index contributed by atoms with van der Waals surface area (Å²) in [6.45, 7) is -1.33. The van der Waals surface area contributed by atoms with Gasteiger partial charge in [0.1, 0.15) is 10.6 Å². The summed E-state index contributed by atoms with van der Waals surface area (Å²) in [7, 11) is -3.54. The average molecular weight is 250 g/mol. The Hall–Kier alpha value is -1.17. The number of alkyl halides is 2. The van der Waals surface area contributed by atoms with Crippen molar-refractivity contribution in [2.45, 2.75) is 24.9 Å². The van der Waals surface area contributed by atoms with Gasteiger partial charge >= 0.3 is 6.61 Å². The number of hydrogen-bond donors (Lipinski definition) is 0. The Kier molecular flexibility index (Phi) is 4.23. The SMILES string of the molecule is CCCS(=O)(=O)c1ccccc1OC(F)F. The maximum Gasteiger partial charge on any atom is 0.387 e. The van der Waals surface area contributed by atoms with Gasteiger partial charge in [-0.1, -0.05) is 19.1 Å². The Bertz CT molecular complexity index is 443. The zero-order chi connectivity index (χ0) is 12.2. The topological polar surface area (TPSA) is 43.4 Å². The number of hydrogen-bond acceptors (Lipinski definition) is 3. The molecule has 1 aromatic rings. The first-order valence-electron chi connectivity index (χ1n) is 4.74. The molecule has 0 atom stereocenters. The minimum Gasteiger partial charge on any atom is -0.433 e. The largest absolute Gasteiger partial charge is 0.433 e. The molecule has 0 radical (unpaired) electrons. The molecule has 0 aromatic heterocycles. The quantitative estimate of drug-likeness (QED) is 0.806. The maximum atomic E-state index is 12.1. The molecule has 0 N–H and O–H groups in total. The lowest BCUT2D eigenvalue weighted by atomic mass is 10.3. The zero-order valence-corrected chi connectivity index (χ0v) is 9.51. The third-order valence-corrected chi connectivity index (χ3v) is 3.83. The second-order valence-electron chi connectivity index (χ2n) is 3.14. The van der Waals surface area contributed by atoms with E-state index in [1.54, 1.807) is 6.92 Å². The van der Waals surface area contributed by atoms with Crippen molar-refractivity contribution in [2.24, 2.45) is 0 Å². The van der Waals surface area contributed by atoms with Gasteiger partial charge in [-0.15, -0.1) is 0 Å². The fraction of sp³-hybridized carbons (Fsp3) is 0.400.